The standard InChI is InChI=1S/C18H21ClFN/c1-21-17(9-5-8-14-6-3-2-4-7-14)12-15-10-11-16(19)13-18(15)20/h2-4,6-7,10-11,13,17,21H,5,8-9,12H2,1H3. The Bertz CT molecular complexity index is 556. The third-order valence-corrected chi connectivity index (χ3v) is 3.99. The first-order valence-electron chi connectivity index (χ1n) is 7.34. The number of likely N-dealkylation sites (N-methyl/N-ethyl adjacent to an activating group) is 1. The molecule has 21 heavy (non-hydrogen) atoms. The SMILES string of the molecule is CNC(CCCc1ccccc1)Cc1ccc(Cl)cc1F. The van der Waals surface area contributed by atoms with Crippen LogP contribution in [-0.2, 0) is 12.8 Å². The number of nitrogens with one attached hydrogen (secondary N) is 1. The molecule has 2 aromatic carbocycles. The van der Waals surface area contributed by atoms with Crippen molar-refractivity contribution in [1.29, 1.82) is 0 Å². The summed E-state index contributed by atoms with van der Waals surface area (Å²) in [6, 6.07) is 15.6. The zero-order chi connectivity index (χ0) is 15.1. The maximum atomic E-state index is 13.8. The van der Waals surface area contributed by atoms with E-state index in [0.717, 1.165) is 24.8 Å². The smallest absolute Gasteiger partial charge is 0.127 e. The van der Waals surface area contributed by atoms with Gasteiger partial charge in [-0.25, -0.2) is 4.39 Å². The van der Waals surface area contributed by atoms with E-state index in [9.17, 15) is 4.39 Å². The molecule has 0 amide bonds. The number of benzene rings is 2. The van der Waals surface area contributed by atoms with E-state index in [1.54, 1.807) is 12.1 Å². The summed E-state index contributed by atoms with van der Waals surface area (Å²) >= 11 is 5.78. The zero-order valence-electron chi connectivity index (χ0n) is 12.3. The Balaban J connectivity index is 1.85. The summed E-state index contributed by atoms with van der Waals surface area (Å²) in [6.45, 7) is 0. The van der Waals surface area contributed by atoms with Crippen LogP contribution in [0.4, 0.5) is 4.39 Å². The minimum absolute atomic E-state index is 0.217. The van der Waals surface area contributed by atoms with E-state index >= 15 is 0 Å². The second kappa shape index (κ2) is 8.16. The van der Waals surface area contributed by atoms with E-state index in [2.05, 4.69) is 29.6 Å². The number of hydrogen-bond acceptors (Lipinski definition) is 1. The first-order valence-corrected chi connectivity index (χ1v) is 7.72. The van der Waals surface area contributed by atoms with E-state index in [4.69, 9.17) is 11.6 Å². The summed E-state index contributed by atoms with van der Waals surface area (Å²) in [7, 11) is 1.93. The van der Waals surface area contributed by atoms with Crippen LogP contribution in [0.2, 0.25) is 5.02 Å². The van der Waals surface area contributed by atoms with Gasteiger partial charge in [0, 0.05) is 11.1 Å². The predicted octanol–water partition coefficient (Wildman–Crippen LogP) is 4.63. The topological polar surface area (TPSA) is 12.0 Å². The highest BCUT2D eigenvalue weighted by Gasteiger charge is 2.11. The molecule has 0 saturated heterocycles. The van der Waals surface area contributed by atoms with Crippen LogP contribution in [0, 0.1) is 5.82 Å². The molecule has 1 N–H and O–H groups in total. The molecule has 0 aliphatic carbocycles. The fraction of sp³-hybridized carbons (Fsp3) is 0.333. The van der Waals surface area contributed by atoms with Crippen LogP contribution in [-0.4, -0.2) is 13.1 Å². The van der Waals surface area contributed by atoms with Crippen molar-refractivity contribution < 1.29 is 4.39 Å². The van der Waals surface area contributed by atoms with Crippen molar-refractivity contribution in [3.8, 4) is 0 Å². The van der Waals surface area contributed by atoms with Gasteiger partial charge >= 0.3 is 0 Å². The monoisotopic (exact) mass is 305 g/mol. The summed E-state index contributed by atoms with van der Waals surface area (Å²) < 4.78 is 13.8. The van der Waals surface area contributed by atoms with Gasteiger partial charge in [0.05, 0.1) is 0 Å². The van der Waals surface area contributed by atoms with E-state index in [0.29, 0.717) is 11.4 Å². The summed E-state index contributed by atoms with van der Waals surface area (Å²) in [5.74, 6) is -0.217. The van der Waals surface area contributed by atoms with Gasteiger partial charge in [-0.15, -0.1) is 0 Å². The molecular weight excluding hydrogens is 285 g/mol. The number of halogens is 2. The van der Waals surface area contributed by atoms with Crippen LogP contribution in [0.15, 0.2) is 48.5 Å². The van der Waals surface area contributed by atoms with E-state index in [-0.39, 0.29) is 11.9 Å². The highest BCUT2D eigenvalue weighted by atomic mass is 35.5. The first-order chi connectivity index (χ1) is 10.2. The van der Waals surface area contributed by atoms with Crippen LogP contribution >= 0.6 is 11.6 Å². The van der Waals surface area contributed by atoms with Crippen molar-refractivity contribution in [1.82, 2.24) is 5.32 Å². The van der Waals surface area contributed by atoms with Crippen LogP contribution in [0.1, 0.15) is 24.0 Å². The fourth-order valence-corrected chi connectivity index (χ4v) is 2.66. The average Bonchev–Trinajstić information content (AvgIpc) is 2.49. The molecule has 1 nitrogen and oxygen atoms in total. The Morgan fingerprint density at radius 1 is 1.14 bits per heavy atom. The molecule has 0 aliphatic heterocycles. The Hall–Kier alpha value is -1.38. The van der Waals surface area contributed by atoms with Gasteiger partial charge in [0.1, 0.15) is 5.82 Å². The molecule has 0 aliphatic rings. The minimum atomic E-state index is -0.217. The third-order valence-electron chi connectivity index (χ3n) is 3.75. The second-order valence-electron chi connectivity index (χ2n) is 5.30. The Kier molecular flexibility index (Phi) is 6.21. The normalized spacial score (nSPS) is 12.3. The van der Waals surface area contributed by atoms with Gasteiger partial charge in [-0.3, -0.25) is 0 Å². The van der Waals surface area contributed by atoms with Crippen LogP contribution in [0.3, 0.4) is 0 Å². The van der Waals surface area contributed by atoms with Crippen molar-refractivity contribution in [2.24, 2.45) is 0 Å². The van der Waals surface area contributed by atoms with Crippen molar-refractivity contribution in [3.63, 3.8) is 0 Å². The van der Waals surface area contributed by atoms with Gasteiger partial charge in [0.25, 0.3) is 0 Å². The molecular formula is C18H21ClFN. The van der Waals surface area contributed by atoms with Crippen molar-refractivity contribution in [2.75, 3.05) is 7.05 Å². The van der Waals surface area contributed by atoms with Crippen molar-refractivity contribution >= 4 is 11.6 Å². The van der Waals surface area contributed by atoms with Gasteiger partial charge in [0.2, 0.25) is 0 Å². The number of hydrogen-bond donors (Lipinski definition) is 1. The van der Waals surface area contributed by atoms with E-state index < -0.39 is 0 Å². The zero-order valence-corrected chi connectivity index (χ0v) is 13.0. The highest BCUT2D eigenvalue weighted by molar-refractivity contribution is 6.30. The quantitative estimate of drug-likeness (QED) is 0.786. The van der Waals surface area contributed by atoms with Gasteiger partial charge in [-0.05, 0) is 56.0 Å². The maximum Gasteiger partial charge on any atom is 0.127 e. The molecule has 2 rings (SSSR count). The summed E-state index contributed by atoms with van der Waals surface area (Å²) in [4.78, 5) is 0. The Morgan fingerprint density at radius 3 is 2.57 bits per heavy atom. The van der Waals surface area contributed by atoms with Crippen LogP contribution < -0.4 is 5.32 Å². The van der Waals surface area contributed by atoms with Gasteiger partial charge in [-0.1, -0.05) is 48.0 Å². The lowest BCUT2D eigenvalue weighted by Crippen LogP contribution is -2.28. The minimum Gasteiger partial charge on any atom is -0.317 e. The summed E-state index contributed by atoms with van der Waals surface area (Å²) in [6.07, 6.45) is 3.86. The van der Waals surface area contributed by atoms with Crippen molar-refractivity contribution in [3.05, 3.63) is 70.5 Å². The summed E-state index contributed by atoms with van der Waals surface area (Å²) in [5.41, 5.74) is 2.07. The molecule has 0 radical (unpaired) electrons. The molecule has 0 saturated carbocycles. The third kappa shape index (κ3) is 5.14. The molecule has 2 aromatic rings. The largest absolute Gasteiger partial charge is 0.317 e. The lowest BCUT2D eigenvalue weighted by Gasteiger charge is -2.16. The average molecular weight is 306 g/mol. The van der Waals surface area contributed by atoms with Gasteiger partial charge in [0.15, 0.2) is 0 Å². The first kappa shape index (κ1) is 16.0. The molecule has 0 spiro atoms. The lowest BCUT2D eigenvalue weighted by atomic mass is 9.99. The molecule has 0 aromatic heterocycles. The number of aryl methyl sites for hydroxylation is 1. The summed E-state index contributed by atoms with van der Waals surface area (Å²) in [5, 5.41) is 3.72. The van der Waals surface area contributed by atoms with Crippen molar-refractivity contribution in [2.45, 2.75) is 31.7 Å². The molecule has 1 atom stereocenters. The van der Waals surface area contributed by atoms with E-state index in [1.165, 1.54) is 11.6 Å². The molecule has 1 unspecified atom stereocenters. The van der Waals surface area contributed by atoms with Gasteiger partial charge in [-0.2, -0.15) is 0 Å². The predicted molar refractivity (Wildman–Crippen MR) is 87.3 cm³/mol. The molecule has 0 heterocycles. The lowest BCUT2D eigenvalue weighted by molar-refractivity contribution is 0.489. The van der Waals surface area contributed by atoms with Crippen LogP contribution in [0.5, 0.6) is 0 Å². The molecule has 0 fully saturated rings. The molecule has 3 heteroatoms. The highest BCUT2D eigenvalue weighted by Crippen LogP contribution is 2.17. The van der Waals surface area contributed by atoms with Crippen LogP contribution in [0.25, 0.3) is 0 Å². The van der Waals surface area contributed by atoms with E-state index in [1.807, 2.05) is 13.1 Å². The molecule has 112 valence electrons. The van der Waals surface area contributed by atoms with Gasteiger partial charge < -0.3 is 5.32 Å². The Morgan fingerprint density at radius 2 is 1.90 bits per heavy atom. The maximum absolute atomic E-state index is 13.8. The Labute approximate surface area is 131 Å². The number of rotatable bonds is 7. The fourth-order valence-electron chi connectivity index (χ4n) is 2.50. The second-order valence-corrected chi connectivity index (χ2v) is 5.74. The molecule has 0 bridgehead atoms.